The highest BCUT2D eigenvalue weighted by atomic mass is 16.6. The number of nitrogens with zero attached hydrogens (tertiary/aromatic N) is 1. The number of ether oxygens (including phenoxy) is 2. The number of hydrogen-bond donors (Lipinski definition) is 0. The molecule has 20 heavy (non-hydrogen) atoms. The molecule has 0 heterocycles. The lowest BCUT2D eigenvalue weighted by molar-refractivity contribution is -0.386. The largest absolute Gasteiger partial charge is 0.471 e. The molecule has 0 fully saturated rings. The molecule has 0 saturated carbocycles. The van der Waals surface area contributed by atoms with Gasteiger partial charge in [0.2, 0.25) is 5.75 Å². The first-order chi connectivity index (χ1) is 9.51. The van der Waals surface area contributed by atoms with Gasteiger partial charge in [-0.3, -0.25) is 10.1 Å². The first-order valence-corrected chi connectivity index (χ1v) is 6.58. The molecule has 0 N–H and O–H groups in total. The number of hydrogen-bond acceptors (Lipinski definition) is 5. The van der Waals surface area contributed by atoms with E-state index in [1.54, 1.807) is 26.0 Å². The highest BCUT2D eigenvalue weighted by molar-refractivity contribution is 5.75. The molecular weight excluding hydrogens is 262 g/mol. The molecule has 0 saturated heterocycles. The lowest BCUT2D eigenvalue weighted by Crippen LogP contribution is -2.29. The zero-order chi connectivity index (χ0) is 15.1. The number of rotatable bonds is 7. The number of nitro groups is 1. The summed E-state index contributed by atoms with van der Waals surface area (Å²) in [5.41, 5.74) is 0.472. The van der Waals surface area contributed by atoms with E-state index < -0.39 is 17.0 Å². The van der Waals surface area contributed by atoms with Crippen LogP contribution in [0.15, 0.2) is 18.2 Å². The van der Waals surface area contributed by atoms with Crippen molar-refractivity contribution in [3.8, 4) is 5.75 Å². The second kappa shape index (κ2) is 7.47. The number of aryl methyl sites for hydroxylation is 1. The van der Waals surface area contributed by atoms with Crippen molar-refractivity contribution in [1.82, 2.24) is 0 Å². The monoisotopic (exact) mass is 281 g/mol. The SMILES string of the molecule is CCCC(Oc1c(C)cccc1[N+](=O)[O-])C(=O)OCC. The van der Waals surface area contributed by atoms with Gasteiger partial charge < -0.3 is 9.47 Å². The van der Waals surface area contributed by atoms with E-state index in [0.29, 0.717) is 18.4 Å². The normalized spacial score (nSPS) is 11.8. The molecule has 0 aliphatic heterocycles. The Hall–Kier alpha value is -2.11. The summed E-state index contributed by atoms with van der Waals surface area (Å²) in [6.07, 6.45) is 0.341. The molecule has 0 aliphatic rings. The molecule has 1 atom stereocenters. The van der Waals surface area contributed by atoms with E-state index in [2.05, 4.69) is 0 Å². The van der Waals surface area contributed by atoms with Crippen LogP contribution < -0.4 is 4.74 Å². The maximum atomic E-state index is 11.8. The second-order valence-electron chi connectivity index (χ2n) is 4.33. The van der Waals surface area contributed by atoms with Crippen LogP contribution in [0.4, 0.5) is 5.69 Å². The van der Waals surface area contributed by atoms with E-state index in [0.717, 1.165) is 0 Å². The molecule has 0 bridgehead atoms. The molecule has 0 radical (unpaired) electrons. The number of carbonyl (C=O) groups is 1. The summed E-state index contributed by atoms with van der Waals surface area (Å²) in [6.45, 7) is 5.56. The first kappa shape index (κ1) is 15.9. The minimum atomic E-state index is -0.820. The van der Waals surface area contributed by atoms with Crippen LogP contribution in [0.3, 0.4) is 0 Å². The second-order valence-corrected chi connectivity index (χ2v) is 4.33. The fraction of sp³-hybridized carbons (Fsp3) is 0.500. The average molecular weight is 281 g/mol. The molecule has 6 nitrogen and oxygen atoms in total. The molecular formula is C14H19NO5. The van der Waals surface area contributed by atoms with Crippen LogP contribution in [0.25, 0.3) is 0 Å². The Morgan fingerprint density at radius 2 is 2.10 bits per heavy atom. The van der Waals surface area contributed by atoms with E-state index in [1.807, 2.05) is 6.92 Å². The van der Waals surface area contributed by atoms with Crippen molar-refractivity contribution in [3.05, 3.63) is 33.9 Å². The number of benzene rings is 1. The number of carbonyl (C=O) groups excluding carboxylic acids is 1. The average Bonchev–Trinajstić information content (AvgIpc) is 2.40. The topological polar surface area (TPSA) is 78.7 Å². The van der Waals surface area contributed by atoms with Crippen LogP contribution in [0.2, 0.25) is 0 Å². The molecule has 0 amide bonds. The number of nitro benzene ring substituents is 1. The van der Waals surface area contributed by atoms with E-state index in [1.165, 1.54) is 6.07 Å². The van der Waals surface area contributed by atoms with Gasteiger partial charge >= 0.3 is 11.7 Å². The minimum Gasteiger partial charge on any atom is -0.471 e. The van der Waals surface area contributed by atoms with Gasteiger partial charge in [0.05, 0.1) is 11.5 Å². The van der Waals surface area contributed by atoms with E-state index in [9.17, 15) is 14.9 Å². The predicted molar refractivity (Wildman–Crippen MR) is 73.8 cm³/mol. The van der Waals surface area contributed by atoms with Crippen LogP contribution >= 0.6 is 0 Å². The van der Waals surface area contributed by atoms with E-state index >= 15 is 0 Å². The molecule has 110 valence electrons. The van der Waals surface area contributed by atoms with Crippen molar-refractivity contribution >= 4 is 11.7 Å². The third kappa shape index (κ3) is 3.94. The zero-order valence-electron chi connectivity index (χ0n) is 11.9. The van der Waals surface area contributed by atoms with Gasteiger partial charge in [-0.05, 0) is 25.8 Å². The third-order valence-electron chi connectivity index (χ3n) is 2.75. The number of esters is 1. The van der Waals surface area contributed by atoms with Gasteiger partial charge in [-0.15, -0.1) is 0 Å². The molecule has 1 unspecified atom stereocenters. The lowest BCUT2D eigenvalue weighted by atomic mass is 10.1. The minimum absolute atomic E-state index is 0.129. The Labute approximate surface area is 117 Å². The summed E-state index contributed by atoms with van der Waals surface area (Å²) in [7, 11) is 0. The Morgan fingerprint density at radius 3 is 2.65 bits per heavy atom. The molecule has 0 spiro atoms. The Balaban J connectivity index is 3.04. The third-order valence-corrected chi connectivity index (χ3v) is 2.75. The zero-order valence-corrected chi connectivity index (χ0v) is 11.9. The van der Waals surface area contributed by atoms with Crippen LogP contribution in [0.1, 0.15) is 32.3 Å². The van der Waals surface area contributed by atoms with Gasteiger partial charge in [0, 0.05) is 6.07 Å². The maximum absolute atomic E-state index is 11.8. The van der Waals surface area contributed by atoms with Gasteiger partial charge in [0.25, 0.3) is 0 Å². The highest BCUT2D eigenvalue weighted by Crippen LogP contribution is 2.31. The summed E-state index contributed by atoms with van der Waals surface area (Å²) < 4.78 is 10.5. The van der Waals surface area contributed by atoms with Crippen molar-refractivity contribution in [3.63, 3.8) is 0 Å². The molecule has 1 rings (SSSR count). The van der Waals surface area contributed by atoms with Crippen molar-refractivity contribution in [2.24, 2.45) is 0 Å². The van der Waals surface area contributed by atoms with Gasteiger partial charge in [0.15, 0.2) is 6.10 Å². The molecule has 0 aliphatic carbocycles. The summed E-state index contributed by atoms with van der Waals surface area (Å²) in [5, 5.41) is 11.0. The highest BCUT2D eigenvalue weighted by Gasteiger charge is 2.26. The summed E-state index contributed by atoms with van der Waals surface area (Å²) >= 11 is 0. The number of para-hydroxylation sites is 1. The fourth-order valence-electron chi connectivity index (χ4n) is 1.80. The fourth-order valence-corrected chi connectivity index (χ4v) is 1.80. The smallest absolute Gasteiger partial charge is 0.347 e. The van der Waals surface area contributed by atoms with Gasteiger partial charge in [-0.1, -0.05) is 25.5 Å². The summed E-state index contributed by atoms with van der Waals surface area (Å²) in [4.78, 5) is 22.3. The standard InChI is InChI=1S/C14H19NO5/c1-4-7-12(14(16)19-5-2)20-13-10(3)8-6-9-11(13)15(17)18/h6,8-9,12H,4-5,7H2,1-3H3. The Bertz CT molecular complexity index is 486. The summed E-state index contributed by atoms with van der Waals surface area (Å²) in [5.74, 6) is -0.365. The lowest BCUT2D eigenvalue weighted by Gasteiger charge is -2.18. The molecule has 0 aromatic heterocycles. The van der Waals surface area contributed by atoms with Gasteiger partial charge in [-0.25, -0.2) is 4.79 Å². The van der Waals surface area contributed by atoms with Gasteiger partial charge in [-0.2, -0.15) is 0 Å². The van der Waals surface area contributed by atoms with E-state index in [-0.39, 0.29) is 18.0 Å². The predicted octanol–water partition coefficient (Wildman–Crippen LogP) is 3.01. The van der Waals surface area contributed by atoms with Crippen molar-refractivity contribution in [2.45, 2.75) is 39.7 Å². The quantitative estimate of drug-likeness (QED) is 0.436. The van der Waals surface area contributed by atoms with Crippen molar-refractivity contribution in [2.75, 3.05) is 6.61 Å². The van der Waals surface area contributed by atoms with Crippen LogP contribution in [0.5, 0.6) is 5.75 Å². The van der Waals surface area contributed by atoms with Crippen LogP contribution in [0, 0.1) is 17.0 Å². The van der Waals surface area contributed by atoms with Crippen molar-refractivity contribution in [1.29, 1.82) is 0 Å². The Morgan fingerprint density at radius 1 is 1.40 bits per heavy atom. The Kier molecular flexibility index (Phi) is 5.96. The molecule has 1 aromatic carbocycles. The first-order valence-electron chi connectivity index (χ1n) is 6.58. The maximum Gasteiger partial charge on any atom is 0.347 e. The molecule has 1 aromatic rings. The van der Waals surface area contributed by atoms with E-state index in [4.69, 9.17) is 9.47 Å². The van der Waals surface area contributed by atoms with Gasteiger partial charge in [0.1, 0.15) is 0 Å². The molecule has 6 heteroatoms. The van der Waals surface area contributed by atoms with Crippen LogP contribution in [-0.4, -0.2) is 23.6 Å². The van der Waals surface area contributed by atoms with Crippen LogP contribution in [-0.2, 0) is 9.53 Å². The van der Waals surface area contributed by atoms with Crippen molar-refractivity contribution < 1.29 is 19.2 Å². The summed E-state index contributed by atoms with van der Waals surface area (Å²) in [6, 6.07) is 4.65.